The largest absolute Gasteiger partial charge is 0.341 e. The Morgan fingerprint density at radius 1 is 1.50 bits per heavy atom. The molecule has 1 aromatic rings. The molecule has 16 heavy (non-hydrogen) atoms. The molecular formula is C11H20N4S. The summed E-state index contributed by atoms with van der Waals surface area (Å²) in [5.41, 5.74) is 0. The van der Waals surface area contributed by atoms with Crippen LogP contribution in [0.4, 0.5) is 5.95 Å². The second kappa shape index (κ2) is 4.57. The van der Waals surface area contributed by atoms with E-state index in [1.54, 1.807) is 0 Å². The van der Waals surface area contributed by atoms with E-state index in [9.17, 15) is 0 Å². The molecule has 1 fully saturated rings. The van der Waals surface area contributed by atoms with Gasteiger partial charge in [-0.05, 0) is 37.9 Å². The van der Waals surface area contributed by atoms with E-state index >= 15 is 0 Å². The van der Waals surface area contributed by atoms with Crippen molar-refractivity contribution in [1.82, 2.24) is 14.8 Å². The van der Waals surface area contributed by atoms with Gasteiger partial charge in [0.15, 0.2) is 4.77 Å². The Hall–Kier alpha value is -0.840. The first-order valence-electron chi connectivity index (χ1n) is 6.08. The molecule has 2 rings (SSSR count). The van der Waals surface area contributed by atoms with E-state index in [1.165, 1.54) is 12.8 Å². The van der Waals surface area contributed by atoms with Gasteiger partial charge < -0.3 is 4.90 Å². The quantitative estimate of drug-likeness (QED) is 0.804. The van der Waals surface area contributed by atoms with Gasteiger partial charge in [-0.3, -0.25) is 4.57 Å². The Morgan fingerprint density at radius 3 is 2.62 bits per heavy atom. The van der Waals surface area contributed by atoms with Gasteiger partial charge in [0.05, 0.1) is 0 Å². The number of nitrogens with zero attached hydrogens (tertiary/aromatic N) is 3. The van der Waals surface area contributed by atoms with Crippen LogP contribution in [0.2, 0.25) is 0 Å². The third-order valence-electron chi connectivity index (χ3n) is 3.40. The smallest absolute Gasteiger partial charge is 0.225 e. The lowest BCUT2D eigenvalue weighted by molar-refractivity contribution is 0.564. The van der Waals surface area contributed by atoms with Crippen LogP contribution in [0.3, 0.4) is 0 Å². The van der Waals surface area contributed by atoms with Crippen LogP contribution < -0.4 is 4.90 Å². The molecule has 4 nitrogen and oxygen atoms in total. The molecule has 0 bridgehead atoms. The monoisotopic (exact) mass is 240 g/mol. The molecule has 0 aromatic carbocycles. The van der Waals surface area contributed by atoms with Crippen LogP contribution in [0.15, 0.2) is 0 Å². The van der Waals surface area contributed by atoms with Crippen molar-refractivity contribution in [2.45, 2.75) is 51.6 Å². The van der Waals surface area contributed by atoms with Gasteiger partial charge in [0.25, 0.3) is 0 Å². The Kier molecular flexibility index (Phi) is 3.33. The topological polar surface area (TPSA) is 36.9 Å². The lowest BCUT2D eigenvalue weighted by atomic mass is 10.1. The maximum atomic E-state index is 5.29. The van der Waals surface area contributed by atoms with Crippen LogP contribution in [0.25, 0.3) is 0 Å². The molecule has 0 radical (unpaired) electrons. The molecule has 0 aliphatic heterocycles. The minimum atomic E-state index is 0.544. The minimum Gasteiger partial charge on any atom is -0.341 e. The molecule has 0 amide bonds. The van der Waals surface area contributed by atoms with E-state index in [4.69, 9.17) is 12.2 Å². The first kappa shape index (κ1) is 11.6. The van der Waals surface area contributed by atoms with Crippen LogP contribution in [-0.4, -0.2) is 27.9 Å². The molecule has 0 atom stereocenters. The van der Waals surface area contributed by atoms with Crippen molar-refractivity contribution in [2.75, 3.05) is 11.9 Å². The zero-order valence-electron chi connectivity index (χ0n) is 10.2. The summed E-state index contributed by atoms with van der Waals surface area (Å²) in [5, 5.41) is 7.28. The van der Waals surface area contributed by atoms with Crippen molar-refractivity contribution in [3.05, 3.63) is 4.77 Å². The number of aromatic nitrogens is 3. The van der Waals surface area contributed by atoms with Gasteiger partial charge in [0.1, 0.15) is 0 Å². The number of aromatic amines is 1. The maximum absolute atomic E-state index is 5.29. The normalized spacial score (nSPS) is 15.8. The lowest BCUT2D eigenvalue weighted by Crippen LogP contribution is -2.32. The molecular weight excluding hydrogens is 220 g/mol. The van der Waals surface area contributed by atoms with Gasteiger partial charge >= 0.3 is 0 Å². The summed E-state index contributed by atoms with van der Waals surface area (Å²) in [6.45, 7) is 4.43. The molecule has 1 N–H and O–H groups in total. The minimum absolute atomic E-state index is 0.544. The highest BCUT2D eigenvalue weighted by molar-refractivity contribution is 7.71. The maximum Gasteiger partial charge on any atom is 0.225 e. The molecule has 1 saturated carbocycles. The highest BCUT2D eigenvalue weighted by Gasteiger charge is 2.29. The highest BCUT2D eigenvalue weighted by atomic mass is 32.1. The Balaban J connectivity index is 2.28. The average molecular weight is 240 g/mol. The summed E-state index contributed by atoms with van der Waals surface area (Å²) < 4.78 is 2.93. The molecule has 1 aromatic heterocycles. The molecule has 90 valence electrons. The Labute approximate surface area is 102 Å². The Bertz CT molecular complexity index is 400. The van der Waals surface area contributed by atoms with Gasteiger partial charge in [0.2, 0.25) is 5.95 Å². The summed E-state index contributed by atoms with van der Waals surface area (Å²) >= 11 is 5.29. The fourth-order valence-corrected chi connectivity index (χ4v) is 2.48. The van der Waals surface area contributed by atoms with Crippen molar-refractivity contribution in [3.8, 4) is 0 Å². The van der Waals surface area contributed by atoms with Gasteiger partial charge in [-0.15, -0.1) is 5.10 Å². The number of H-pyrrole nitrogens is 1. The Morgan fingerprint density at radius 2 is 2.12 bits per heavy atom. The van der Waals surface area contributed by atoms with Gasteiger partial charge in [-0.1, -0.05) is 13.8 Å². The summed E-state index contributed by atoms with van der Waals surface area (Å²) in [7, 11) is 2.11. The summed E-state index contributed by atoms with van der Waals surface area (Å²) in [6.07, 6.45) is 4.74. The number of hydrogen-bond donors (Lipinski definition) is 1. The van der Waals surface area contributed by atoms with Crippen LogP contribution in [0.1, 0.15) is 45.6 Å². The second-order valence-corrected chi connectivity index (χ2v) is 4.90. The molecule has 0 spiro atoms. The van der Waals surface area contributed by atoms with Crippen molar-refractivity contribution in [3.63, 3.8) is 0 Å². The van der Waals surface area contributed by atoms with Gasteiger partial charge in [-0.2, -0.15) is 0 Å². The fraction of sp³-hybridized carbons (Fsp3) is 0.818. The predicted molar refractivity (Wildman–Crippen MR) is 68.5 cm³/mol. The third kappa shape index (κ3) is 2.00. The van der Waals surface area contributed by atoms with Crippen LogP contribution in [0.5, 0.6) is 0 Å². The number of rotatable bonds is 5. The van der Waals surface area contributed by atoms with Crippen LogP contribution in [0, 0.1) is 4.77 Å². The number of nitrogens with one attached hydrogen (secondary N) is 1. The van der Waals surface area contributed by atoms with Crippen LogP contribution in [-0.2, 0) is 0 Å². The molecule has 0 saturated heterocycles. The van der Waals surface area contributed by atoms with Crippen molar-refractivity contribution in [1.29, 1.82) is 0 Å². The molecule has 5 heteroatoms. The molecule has 1 aliphatic rings. The second-order valence-electron chi connectivity index (χ2n) is 4.51. The molecule has 1 aliphatic carbocycles. The third-order valence-corrected chi connectivity index (χ3v) is 3.69. The van der Waals surface area contributed by atoms with Gasteiger partial charge in [0, 0.05) is 19.1 Å². The number of anilines is 1. The first-order chi connectivity index (χ1) is 7.69. The average Bonchev–Trinajstić information content (AvgIpc) is 3.03. The predicted octanol–water partition coefficient (Wildman–Crippen LogP) is 2.90. The summed E-state index contributed by atoms with van der Waals surface area (Å²) in [5.74, 6) is 1.00. The van der Waals surface area contributed by atoms with Crippen molar-refractivity contribution in [2.24, 2.45) is 0 Å². The van der Waals surface area contributed by atoms with E-state index in [0.717, 1.165) is 23.6 Å². The van der Waals surface area contributed by atoms with Crippen LogP contribution >= 0.6 is 12.2 Å². The molecule has 1 heterocycles. The SMILES string of the molecule is CCC(CC)N(C)c1n[nH]c(=S)n1C1CC1. The van der Waals surface area contributed by atoms with E-state index in [0.29, 0.717) is 12.1 Å². The summed E-state index contributed by atoms with van der Waals surface area (Å²) in [4.78, 5) is 2.25. The molecule has 0 unspecified atom stereocenters. The lowest BCUT2D eigenvalue weighted by Gasteiger charge is -2.27. The van der Waals surface area contributed by atoms with E-state index in [-0.39, 0.29) is 0 Å². The first-order valence-corrected chi connectivity index (χ1v) is 6.49. The van der Waals surface area contributed by atoms with E-state index < -0.39 is 0 Å². The highest BCUT2D eigenvalue weighted by Crippen LogP contribution is 2.38. The van der Waals surface area contributed by atoms with E-state index in [2.05, 4.69) is 40.6 Å². The summed E-state index contributed by atoms with van der Waals surface area (Å²) in [6, 6.07) is 1.13. The van der Waals surface area contributed by atoms with Crippen molar-refractivity contribution >= 4 is 18.2 Å². The van der Waals surface area contributed by atoms with E-state index in [1.807, 2.05) is 0 Å². The van der Waals surface area contributed by atoms with Gasteiger partial charge in [-0.25, -0.2) is 5.10 Å². The van der Waals surface area contributed by atoms with Crippen molar-refractivity contribution < 1.29 is 0 Å². The number of hydrogen-bond acceptors (Lipinski definition) is 3. The zero-order valence-corrected chi connectivity index (χ0v) is 11.0. The standard InChI is InChI=1S/C11H20N4S/c1-4-8(5-2)14(3)10-12-13-11(16)15(10)9-6-7-9/h8-9H,4-7H2,1-3H3,(H,13,16). The fourth-order valence-electron chi connectivity index (χ4n) is 2.21. The zero-order chi connectivity index (χ0) is 11.7.